The highest BCUT2D eigenvalue weighted by atomic mass is 16.5. The summed E-state index contributed by atoms with van der Waals surface area (Å²) >= 11 is 0. The van der Waals surface area contributed by atoms with E-state index in [1.807, 2.05) is 44.2 Å². The van der Waals surface area contributed by atoms with Crippen LogP contribution in [0.3, 0.4) is 0 Å². The van der Waals surface area contributed by atoms with E-state index in [0.29, 0.717) is 23.8 Å². The van der Waals surface area contributed by atoms with Gasteiger partial charge in [-0.05, 0) is 42.3 Å². The van der Waals surface area contributed by atoms with Crippen LogP contribution in [0.4, 0.5) is 0 Å². The molecule has 0 fully saturated rings. The molecule has 0 saturated heterocycles. The van der Waals surface area contributed by atoms with E-state index in [1.165, 1.54) is 0 Å². The molecule has 0 unspecified atom stereocenters. The van der Waals surface area contributed by atoms with E-state index in [-0.39, 0.29) is 12.5 Å². The number of ether oxygens (including phenoxy) is 2. The fourth-order valence-electron chi connectivity index (χ4n) is 1.87. The van der Waals surface area contributed by atoms with Gasteiger partial charge in [0.05, 0.1) is 5.56 Å². The summed E-state index contributed by atoms with van der Waals surface area (Å²) < 4.78 is 10.6. The molecule has 2 aromatic rings. The molecular formula is C19H21NO4. The summed E-state index contributed by atoms with van der Waals surface area (Å²) in [6.07, 6.45) is 0. The number of hydrogen-bond donors (Lipinski definition) is 1. The lowest BCUT2D eigenvalue weighted by Crippen LogP contribution is -2.31. The van der Waals surface area contributed by atoms with Crippen molar-refractivity contribution in [2.24, 2.45) is 5.92 Å². The Morgan fingerprint density at radius 1 is 0.958 bits per heavy atom. The first-order valence-electron chi connectivity index (χ1n) is 7.81. The minimum absolute atomic E-state index is 0.284. The van der Waals surface area contributed by atoms with Crippen LogP contribution < -0.4 is 10.1 Å². The fourth-order valence-corrected chi connectivity index (χ4v) is 1.87. The standard InChI is InChI=1S/C19H21NO4/c1-14(2)12-20-18(21)13-23-19(22)15-8-10-17(11-9-15)24-16-6-4-3-5-7-16/h3-11,14H,12-13H2,1-2H3,(H,20,21). The van der Waals surface area contributed by atoms with E-state index in [1.54, 1.807) is 24.3 Å². The van der Waals surface area contributed by atoms with Gasteiger partial charge in [-0.2, -0.15) is 0 Å². The molecule has 126 valence electrons. The predicted octanol–water partition coefficient (Wildman–Crippen LogP) is 3.41. The summed E-state index contributed by atoms with van der Waals surface area (Å²) in [7, 11) is 0. The summed E-state index contributed by atoms with van der Waals surface area (Å²) in [5.74, 6) is 0.839. The van der Waals surface area contributed by atoms with E-state index in [9.17, 15) is 9.59 Å². The largest absolute Gasteiger partial charge is 0.457 e. The first-order valence-corrected chi connectivity index (χ1v) is 7.81. The van der Waals surface area contributed by atoms with Crippen molar-refractivity contribution in [1.82, 2.24) is 5.32 Å². The number of nitrogens with one attached hydrogen (secondary N) is 1. The molecule has 0 saturated carbocycles. The lowest BCUT2D eigenvalue weighted by atomic mass is 10.2. The van der Waals surface area contributed by atoms with Crippen LogP contribution in [0.2, 0.25) is 0 Å². The fraction of sp³-hybridized carbons (Fsp3) is 0.263. The number of esters is 1. The monoisotopic (exact) mass is 327 g/mol. The van der Waals surface area contributed by atoms with Crippen molar-refractivity contribution in [1.29, 1.82) is 0 Å². The van der Waals surface area contributed by atoms with Crippen molar-refractivity contribution in [2.75, 3.05) is 13.2 Å². The van der Waals surface area contributed by atoms with Crippen LogP contribution in [-0.2, 0) is 9.53 Å². The van der Waals surface area contributed by atoms with Crippen molar-refractivity contribution in [3.63, 3.8) is 0 Å². The van der Waals surface area contributed by atoms with Gasteiger partial charge in [0.25, 0.3) is 5.91 Å². The van der Waals surface area contributed by atoms with E-state index in [0.717, 1.165) is 5.75 Å². The molecule has 5 nitrogen and oxygen atoms in total. The maximum Gasteiger partial charge on any atom is 0.338 e. The van der Waals surface area contributed by atoms with Crippen molar-refractivity contribution in [3.8, 4) is 11.5 Å². The third kappa shape index (κ3) is 5.76. The zero-order chi connectivity index (χ0) is 17.4. The third-order valence-corrected chi connectivity index (χ3v) is 3.11. The van der Waals surface area contributed by atoms with E-state index in [2.05, 4.69) is 5.32 Å². The van der Waals surface area contributed by atoms with Gasteiger partial charge >= 0.3 is 5.97 Å². The van der Waals surface area contributed by atoms with Crippen molar-refractivity contribution in [2.45, 2.75) is 13.8 Å². The summed E-state index contributed by atoms with van der Waals surface area (Å²) in [4.78, 5) is 23.4. The van der Waals surface area contributed by atoms with Gasteiger partial charge in [-0.15, -0.1) is 0 Å². The van der Waals surface area contributed by atoms with E-state index < -0.39 is 5.97 Å². The molecule has 2 rings (SSSR count). The molecule has 1 N–H and O–H groups in total. The highest BCUT2D eigenvalue weighted by Crippen LogP contribution is 2.21. The molecule has 0 aliphatic heterocycles. The van der Waals surface area contributed by atoms with Crippen LogP contribution in [-0.4, -0.2) is 25.0 Å². The minimum atomic E-state index is -0.541. The molecule has 0 radical (unpaired) electrons. The average molecular weight is 327 g/mol. The lowest BCUT2D eigenvalue weighted by molar-refractivity contribution is -0.124. The van der Waals surface area contributed by atoms with Crippen molar-refractivity contribution in [3.05, 3.63) is 60.2 Å². The molecule has 0 aromatic heterocycles. The van der Waals surface area contributed by atoms with Gasteiger partial charge < -0.3 is 14.8 Å². The Morgan fingerprint density at radius 3 is 2.21 bits per heavy atom. The molecule has 0 aliphatic carbocycles. The van der Waals surface area contributed by atoms with Gasteiger partial charge in [-0.1, -0.05) is 32.0 Å². The van der Waals surface area contributed by atoms with Gasteiger partial charge in [-0.25, -0.2) is 4.79 Å². The SMILES string of the molecule is CC(C)CNC(=O)COC(=O)c1ccc(Oc2ccccc2)cc1. The molecule has 0 atom stereocenters. The second-order valence-electron chi connectivity index (χ2n) is 5.71. The van der Waals surface area contributed by atoms with Crippen LogP contribution in [0.5, 0.6) is 11.5 Å². The molecule has 0 aliphatic rings. The maximum atomic E-state index is 11.9. The number of rotatable bonds is 7. The Balaban J connectivity index is 1.84. The molecular weight excluding hydrogens is 306 g/mol. The van der Waals surface area contributed by atoms with Crippen molar-refractivity contribution >= 4 is 11.9 Å². The lowest BCUT2D eigenvalue weighted by Gasteiger charge is -2.09. The summed E-state index contributed by atoms with van der Waals surface area (Å²) in [5, 5.41) is 2.69. The van der Waals surface area contributed by atoms with Crippen LogP contribution in [0.1, 0.15) is 24.2 Å². The first-order chi connectivity index (χ1) is 11.5. The Morgan fingerprint density at radius 2 is 1.58 bits per heavy atom. The molecule has 0 spiro atoms. The van der Waals surface area contributed by atoms with Crippen LogP contribution in [0.25, 0.3) is 0 Å². The zero-order valence-electron chi connectivity index (χ0n) is 13.8. The smallest absolute Gasteiger partial charge is 0.338 e. The Kier molecular flexibility index (Phi) is 6.37. The van der Waals surface area contributed by atoms with E-state index in [4.69, 9.17) is 9.47 Å². The van der Waals surface area contributed by atoms with Gasteiger partial charge in [0.2, 0.25) is 0 Å². The Hall–Kier alpha value is -2.82. The van der Waals surface area contributed by atoms with Gasteiger partial charge in [0.1, 0.15) is 11.5 Å². The molecule has 24 heavy (non-hydrogen) atoms. The van der Waals surface area contributed by atoms with E-state index >= 15 is 0 Å². The van der Waals surface area contributed by atoms with Crippen LogP contribution >= 0.6 is 0 Å². The normalized spacial score (nSPS) is 10.3. The average Bonchev–Trinajstić information content (AvgIpc) is 2.59. The van der Waals surface area contributed by atoms with Gasteiger partial charge in [0.15, 0.2) is 6.61 Å². The zero-order valence-corrected chi connectivity index (χ0v) is 13.8. The second-order valence-corrected chi connectivity index (χ2v) is 5.71. The minimum Gasteiger partial charge on any atom is -0.457 e. The Labute approximate surface area is 141 Å². The number of para-hydroxylation sites is 1. The molecule has 5 heteroatoms. The van der Waals surface area contributed by atoms with Gasteiger partial charge in [0, 0.05) is 6.54 Å². The molecule has 1 amide bonds. The summed E-state index contributed by atoms with van der Waals surface area (Å²) in [6, 6.07) is 15.9. The predicted molar refractivity (Wildman–Crippen MR) is 91.1 cm³/mol. The summed E-state index contributed by atoms with van der Waals surface area (Å²) in [6.45, 7) is 4.26. The van der Waals surface area contributed by atoms with Crippen LogP contribution in [0, 0.1) is 5.92 Å². The number of carbonyl (C=O) groups excluding carboxylic acids is 2. The summed E-state index contributed by atoms with van der Waals surface area (Å²) in [5.41, 5.74) is 0.368. The highest BCUT2D eigenvalue weighted by molar-refractivity contribution is 5.91. The van der Waals surface area contributed by atoms with Gasteiger partial charge in [-0.3, -0.25) is 4.79 Å². The topological polar surface area (TPSA) is 64.6 Å². The number of benzene rings is 2. The second kappa shape index (κ2) is 8.72. The Bertz CT molecular complexity index is 666. The molecule has 0 heterocycles. The third-order valence-electron chi connectivity index (χ3n) is 3.11. The highest BCUT2D eigenvalue weighted by Gasteiger charge is 2.10. The number of amides is 1. The molecule has 0 bridgehead atoms. The number of carbonyl (C=O) groups is 2. The van der Waals surface area contributed by atoms with Crippen LogP contribution in [0.15, 0.2) is 54.6 Å². The maximum absolute atomic E-state index is 11.9. The first kappa shape index (κ1) is 17.5. The number of hydrogen-bond acceptors (Lipinski definition) is 4. The van der Waals surface area contributed by atoms with Crippen molar-refractivity contribution < 1.29 is 19.1 Å². The quantitative estimate of drug-likeness (QED) is 0.792. The molecule has 2 aromatic carbocycles.